The first-order valence-corrected chi connectivity index (χ1v) is 0.333. The topological polar surface area (TPSA) is 52.0 Å². The van der Waals surface area contributed by atoms with Gasteiger partial charge in [0.25, 0.3) is 0 Å². The van der Waals surface area contributed by atoms with Crippen molar-refractivity contribution in [2.75, 3.05) is 0 Å². The fourth-order valence-corrected chi connectivity index (χ4v) is 0. The van der Waals surface area contributed by atoms with E-state index in [4.69, 9.17) is 0 Å². The van der Waals surface area contributed by atoms with Crippen LogP contribution in [0.5, 0.6) is 0 Å². The summed E-state index contributed by atoms with van der Waals surface area (Å²) >= 11 is 0. The first kappa shape index (κ1) is 34.5. The Balaban J connectivity index is -0.00000000167. The largest absolute Gasteiger partial charge is 0.274 e. The standard InChI is InChI=1S/H4N2.3H3P/c1-2;;;/h1-2H2;3*1H3. The number of nitrogens with two attached hydrogens (primary N) is 2. The van der Waals surface area contributed by atoms with Gasteiger partial charge in [0.1, 0.15) is 0 Å². The van der Waals surface area contributed by atoms with E-state index in [-0.39, 0.29) is 29.7 Å². The van der Waals surface area contributed by atoms with Crippen molar-refractivity contribution in [3.05, 3.63) is 0 Å². The molecule has 0 aromatic carbocycles. The summed E-state index contributed by atoms with van der Waals surface area (Å²) in [6.07, 6.45) is 0. The van der Waals surface area contributed by atoms with Crippen LogP contribution in [0, 0.1) is 0 Å². The van der Waals surface area contributed by atoms with E-state index in [2.05, 4.69) is 11.7 Å². The Hall–Kier alpha value is 1.21. The summed E-state index contributed by atoms with van der Waals surface area (Å²) < 4.78 is 0. The number of hydrogen-bond acceptors (Lipinski definition) is 2. The van der Waals surface area contributed by atoms with Crippen molar-refractivity contribution in [1.82, 2.24) is 0 Å². The molecule has 0 spiro atoms. The van der Waals surface area contributed by atoms with Crippen molar-refractivity contribution in [3.8, 4) is 0 Å². The molecule has 0 aliphatic heterocycles. The molecule has 5 heteroatoms. The zero-order valence-corrected chi connectivity index (χ0v) is 7.52. The van der Waals surface area contributed by atoms with Crippen LogP contribution >= 0.6 is 29.7 Å². The monoisotopic (exact) mass is 134 g/mol. The minimum Gasteiger partial charge on any atom is -0.274 e. The average molecular weight is 134 g/mol. The van der Waals surface area contributed by atoms with E-state index in [1.807, 2.05) is 0 Å². The second-order valence-electron chi connectivity index (χ2n) is 0. The first-order chi connectivity index (χ1) is 1.00. The molecule has 0 aromatic rings. The Bertz CT molecular complexity index is 4.85. The van der Waals surface area contributed by atoms with E-state index in [1.54, 1.807) is 0 Å². The predicted molar refractivity (Wildman–Crippen MR) is 41.7 cm³/mol. The van der Waals surface area contributed by atoms with E-state index in [9.17, 15) is 0 Å². The highest BCUT2D eigenvalue weighted by Crippen LogP contribution is 0.863. The molecule has 38 valence electrons. The van der Waals surface area contributed by atoms with Gasteiger partial charge >= 0.3 is 0 Å². The molecule has 0 aromatic heterocycles. The molecular weight excluding hydrogens is 121 g/mol. The zero-order chi connectivity index (χ0) is 2.00. The van der Waals surface area contributed by atoms with Crippen molar-refractivity contribution in [2.45, 2.75) is 0 Å². The summed E-state index contributed by atoms with van der Waals surface area (Å²) in [6.45, 7) is 0. The Morgan fingerprint density at radius 1 is 0.600 bits per heavy atom. The van der Waals surface area contributed by atoms with Gasteiger partial charge < -0.3 is 0 Å². The van der Waals surface area contributed by atoms with Crippen molar-refractivity contribution in [2.24, 2.45) is 11.7 Å². The third-order valence-electron chi connectivity index (χ3n) is 0. The lowest BCUT2D eigenvalue weighted by Crippen LogP contribution is -2.02. The van der Waals surface area contributed by atoms with Gasteiger partial charge in [-0.3, -0.25) is 11.7 Å². The highest BCUT2D eigenvalue weighted by Gasteiger charge is 0.726. The second kappa shape index (κ2) is 63.1. The lowest BCUT2D eigenvalue weighted by molar-refractivity contribution is 1.26. The molecule has 0 heterocycles. The summed E-state index contributed by atoms with van der Waals surface area (Å²) in [5.74, 6) is 8.00. The van der Waals surface area contributed by atoms with Gasteiger partial charge in [0.2, 0.25) is 0 Å². The summed E-state index contributed by atoms with van der Waals surface area (Å²) in [7, 11) is 0. The highest BCUT2D eigenvalue weighted by molar-refractivity contribution is 6.92. The molecule has 4 N–H and O–H groups in total. The molecule has 2 nitrogen and oxygen atoms in total. The zero-order valence-electron chi connectivity index (χ0n) is 3.28. The van der Waals surface area contributed by atoms with Gasteiger partial charge in [-0.2, -0.15) is 29.7 Å². The minimum absolute atomic E-state index is 0. The third kappa shape index (κ3) is 36.7. The molecule has 5 heavy (non-hydrogen) atoms. The molecular formula is H13N2P3. The second-order valence-corrected chi connectivity index (χ2v) is 0. The van der Waals surface area contributed by atoms with Crippen LogP contribution in [-0.4, -0.2) is 0 Å². The van der Waals surface area contributed by atoms with Crippen molar-refractivity contribution < 1.29 is 0 Å². The maximum atomic E-state index is 4.00. The molecule has 0 aliphatic rings. The molecule has 3 atom stereocenters. The average Bonchev–Trinajstić information content (AvgIpc) is 1.00. The van der Waals surface area contributed by atoms with E-state index in [0.717, 1.165) is 0 Å². The van der Waals surface area contributed by atoms with Crippen LogP contribution in [0.2, 0.25) is 0 Å². The minimum atomic E-state index is 0. The van der Waals surface area contributed by atoms with E-state index in [0.29, 0.717) is 0 Å². The normalized spacial score (nSPS) is 1.20. The van der Waals surface area contributed by atoms with E-state index >= 15 is 0 Å². The van der Waals surface area contributed by atoms with E-state index in [1.165, 1.54) is 0 Å². The molecule has 0 aliphatic carbocycles. The van der Waals surface area contributed by atoms with Crippen LogP contribution in [0.15, 0.2) is 0 Å². The maximum absolute atomic E-state index is 4.00. The highest BCUT2D eigenvalue weighted by atomic mass is 31.0. The van der Waals surface area contributed by atoms with Crippen LogP contribution in [0.25, 0.3) is 0 Å². The Kier molecular flexibility index (Phi) is 435. The molecule has 3 unspecified atom stereocenters. The first-order valence-electron chi connectivity index (χ1n) is 0.333. The predicted octanol–water partition coefficient (Wildman–Crippen LogP) is -1.01. The summed E-state index contributed by atoms with van der Waals surface area (Å²) in [5, 5.41) is 0. The van der Waals surface area contributed by atoms with Gasteiger partial charge in [0.15, 0.2) is 0 Å². The van der Waals surface area contributed by atoms with Gasteiger partial charge in [0.05, 0.1) is 0 Å². The molecule has 0 rings (SSSR count). The van der Waals surface area contributed by atoms with Crippen LogP contribution < -0.4 is 11.7 Å². The summed E-state index contributed by atoms with van der Waals surface area (Å²) in [5.41, 5.74) is 0. The summed E-state index contributed by atoms with van der Waals surface area (Å²) in [6, 6.07) is 0. The molecule has 0 fully saturated rings. The molecule has 0 radical (unpaired) electrons. The maximum Gasteiger partial charge on any atom is -0.153 e. The van der Waals surface area contributed by atoms with E-state index < -0.39 is 0 Å². The van der Waals surface area contributed by atoms with Crippen LogP contribution in [0.3, 0.4) is 0 Å². The Morgan fingerprint density at radius 2 is 0.600 bits per heavy atom. The molecule has 0 saturated carbocycles. The van der Waals surface area contributed by atoms with Gasteiger partial charge in [-0.05, 0) is 0 Å². The van der Waals surface area contributed by atoms with Crippen molar-refractivity contribution >= 4 is 29.7 Å². The van der Waals surface area contributed by atoms with Crippen LogP contribution in [0.1, 0.15) is 0 Å². The number of hydrazine groups is 1. The lowest BCUT2D eigenvalue weighted by Gasteiger charge is -1.27. The number of rotatable bonds is 0. The Labute approximate surface area is 42.3 Å². The Morgan fingerprint density at radius 3 is 0.600 bits per heavy atom. The van der Waals surface area contributed by atoms with Gasteiger partial charge in [-0.1, -0.05) is 0 Å². The lowest BCUT2D eigenvalue weighted by atomic mass is 13.0. The quantitative estimate of drug-likeness (QED) is 0.253. The van der Waals surface area contributed by atoms with Crippen molar-refractivity contribution in [1.29, 1.82) is 0 Å². The van der Waals surface area contributed by atoms with Crippen molar-refractivity contribution in [3.63, 3.8) is 0 Å². The third-order valence-corrected chi connectivity index (χ3v) is 0. The fourth-order valence-electron chi connectivity index (χ4n) is 0. The van der Waals surface area contributed by atoms with Crippen LogP contribution in [0.4, 0.5) is 0 Å². The number of hydrogen-bond donors (Lipinski definition) is 2. The van der Waals surface area contributed by atoms with Gasteiger partial charge in [0, 0.05) is 0 Å². The van der Waals surface area contributed by atoms with Gasteiger partial charge in [-0.15, -0.1) is 0 Å². The smallest absolute Gasteiger partial charge is 0.153 e. The molecule has 0 bridgehead atoms. The van der Waals surface area contributed by atoms with Crippen LogP contribution in [-0.2, 0) is 0 Å². The molecule has 0 amide bonds. The summed E-state index contributed by atoms with van der Waals surface area (Å²) in [4.78, 5) is 0. The molecule has 0 saturated heterocycles. The fraction of sp³-hybridized carbons (Fsp3) is 0. The van der Waals surface area contributed by atoms with Gasteiger partial charge in [-0.25, -0.2) is 0 Å². The SMILES string of the molecule is NN.P.P.P.